The van der Waals surface area contributed by atoms with Crippen LogP contribution in [0.3, 0.4) is 0 Å². The molecular weight excluding hydrogens is 304 g/mol. The number of fused-ring (bicyclic) bond motifs is 3. The summed E-state index contributed by atoms with van der Waals surface area (Å²) in [5, 5.41) is 47.3. The van der Waals surface area contributed by atoms with Gasteiger partial charge in [0.1, 0.15) is 24.4 Å². The number of benzene rings is 4. The fraction of sp³-hybridized carbons (Fsp3) is 0.200. The Labute approximate surface area is 137 Å². The number of hydrogen-bond acceptors (Lipinski definition) is 4. The van der Waals surface area contributed by atoms with E-state index in [1.807, 2.05) is 48.5 Å². The van der Waals surface area contributed by atoms with Gasteiger partial charge in [0, 0.05) is 0 Å². The topological polar surface area (TPSA) is 80.9 Å². The van der Waals surface area contributed by atoms with E-state index in [-0.39, 0.29) is 0 Å². The summed E-state index contributed by atoms with van der Waals surface area (Å²) in [6, 6.07) is 15.7. The summed E-state index contributed by atoms with van der Waals surface area (Å²) in [5.41, 5.74) is 1.02. The highest BCUT2D eigenvalue weighted by atomic mass is 16.4. The zero-order valence-corrected chi connectivity index (χ0v) is 12.7. The first-order valence-corrected chi connectivity index (χ1v) is 8.01. The predicted molar refractivity (Wildman–Crippen MR) is 92.1 cm³/mol. The third-order valence-electron chi connectivity index (χ3n) is 5.34. The molecular formula is C20H16O4. The second-order valence-electron chi connectivity index (χ2n) is 6.57. The quantitative estimate of drug-likeness (QED) is 0.375. The minimum atomic E-state index is -1.42. The Kier molecular flexibility index (Phi) is 2.74. The van der Waals surface area contributed by atoms with E-state index >= 15 is 0 Å². The monoisotopic (exact) mass is 320 g/mol. The van der Waals surface area contributed by atoms with Gasteiger partial charge in [0.15, 0.2) is 0 Å². The third kappa shape index (κ3) is 1.56. The molecule has 4 aromatic carbocycles. The Bertz CT molecular complexity index is 1000. The van der Waals surface area contributed by atoms with Crippen molar-refractivity contribution in [3.8, 4) is 0 Å². The zero-order chi connectivity index (χ0) is 16.6. The molecule has 0 heterocycles. The summed E-state index contributed by atoms with van der Waals surface area (Å²) in [7, 11) is 0. The molecule has 1 aliphatic rings. The van der Waals surface area contributed by atoms with Crippen LogP contribution in [0.25, 0.3) is 32.3 Å². The van der Waals surface area contributed by atoms with Crippen molar-refractivity contribution < 1.29 is 20.4 Å². The average Bonchev–Trinajstić information content (AvgIpc) is 2.62. The van der Waals surface area contributed by atoms with Gasteiger partial charge in [0.05, 0.1) is 0 Å². The van der Waals surface area contributed by atoms with Crippen molar-refractivity contribution in [3.05, 3.63) is 59.7 Å². The molecule has 0 saturated carbocycles. The zero-order valence-electron chi connectivity index (χ0n) is 12.7. The Morgan fingerprint density at radius 2 is 0.958 bits per heavy atom. The van der Waals surface area contributed by atoms with Gasteiger partial charge in [0.25, 0.3) is 0 Å². The van der Waals surface area contributed by atoms with Gasteiger partial charge in [-0.1, -0.05) is 48.5 Å². The van der Waals surface area contributed by atoms with Crippen LogP contribution in [0.5, 0.6) is 0 Å². The molecule has 0 aliphatic heterocycles. The Balaban J connectivity index is 2.11. The Morgan fingerprint density at radius 1 is 0.542 bits per heavy atom. The van der Waals surface area contributed by atoms with Crippen molar-refractivity contribution in [3.63, 3.8) is 0 Å². The summed E-state index contributed by atoms with van der Waals surface area (Å²) < 4.78 is 0. The van der Waals surface area contributed by atoms with Crippen LogP contribution in [-0.2, 0) is 0 Å². The van der Waals surface area contributed by atoms with Crippen molar-refractivity contribution in [1.82, 2.24) is 0 Å². The summed E-state index contributed by atoms with van der Waals surface area (Å²) in [6.07, 6.45) is -5.32. The van der Waals surface area contributed by atoms with Gasteiger partial charge in [-0.25, -0.2) is 0 Å². The van der Waals surface area contributed by atoms with Crippen LogP contribution in [0.2, 0.25) is 0 Å². The highest BCUT2D eigenvalue weighted by molar-refractivity contribution is 6.25. The van der Waals surface area contributed by atoms with Gasteiger partial charge in [-0.05, 0) is 43.4 Å². The molecule has 4 aromatic rings. The maximum atomic E-state index is 10.6. The SMILES string of the molecule is O[C@@H]1[C@H](O)[C@@H](O)c2c(c3cccc4ccc5cccc2c5c43)[C@H]1O. The van der Waals surface area contributed by atoms with E-state index < -0.39 is 24.4 Å². The third-order valence-corrected chi connectivity index (χ3v) is 5.34. The first kappa shape index (κ1) is 14.1. The number of aliphatic hydroxyl groups is 4. The van der Waals surface area contributed by atoms with Crippen molar-refractivity contribution in [2.75, 3.05) is 0 Å². The van der Waals surface area contributed by atoms with E-state index in [2.05, 4.69) is 0 Å². The lowest BCUT2D eigenvalue weighted by Crippen LogP contribution is -2.41. The molecule has 0 unspecified atom stereocenters. The normalized spacial score (nSPS) is 27.2. The molecule has 0 radical (unpaired) electrons. The summed E-state index contributed by atoms with van der Waals surface area (Å²) in [4.78, 5) is 0. The van der Waals surface area contributed by atoms with E-state index in [0.717, 1.165) is 32.3 Å². The lowest BCUT2D eigenvalue weighted by molar-refractivity contribution is -0.119. The van der Waals surface area contributed by atoms with Crippen LogP contribution in [0.15, 0.2) is 48.5 Å². The van der Waals surface area contributed by atoms with E-state index in [4.69, 9.17) is 0 Å². The molecule has 5 rings (SSSR count). The molecule has 0 bridgehead atoms. The number of rotatable bonds is 0. The largest absolute Gasteiger partial charge is 0.387 e. The van der Waals surface area contributed by atoms with Crippen molar-refractivity contribution >= 4 is 32.3 Å². The summed E-state index contributed by atoms with van der Waals surface area (Å²) in [5.74, 6) is 0. The fourth-order valence-electron chi connectivity index (χ4n) is 4.25. The molecule has 0 fully saturated rings. The first-order chi connectivity index (χ1) is 11.6. The van der Waals surface area contributed by atoms with Gasteiger partial charge < -0.3 is 20.4 Å². The van der Waals surface area contributed by atoms with Crippen molar-refractivity contribution in [2.45, 2.75) is 24.4 Å². The van der Waals surface area contributed by atoms with Crippen molar-refractivity contribution in [1.29, 1.82) is 0 Å². The van der Waals surface area contributed by atoms with Crippen molar-refractivity contribution in [2.24, 2.45) is 0 Å². The lowest BCUT2D eigenvalue weighted by atomic mass is 9.76. The highest BCUT2D eigenvalue weighted by Crippen LogP contribution is 2.47. The molecule has 0 spiro atoms. The standard InChI is InChI=1S/C20H16O4/c21-17-15-11-5-1-3-9-7-8-10-4-2-6-12(14(10)13(9)11)16(15)18(22)20(24)19(17)23/h1-8,17-24H/t17-,18+,19+,20-. The van der Waals surface area contributed by atoms with Gasteiger partial charge in [-0.2, -0.15) is 0 Å². The fourth-order valence-corrected chi connectivity index (χ4v) is 4.25. The average molecular weight is 320 g/mol. The van der Waals surface area contributed by atoms with Crippen LogP contribution in [-0.4, -0.2) is 32.6 Å². The van der Waals surface area contributed by atoms with Gasteiger partial charge >= 0.3 is 0 Å². The van der Waals surface area contributed by atoms with Crippen LogP contribution < -0.4 is 0 Å². The van der Waals surface area contributed by atoms with Gasteiger partial charge in [0.2, 0.25) is 0 Å². The maximum absolute atomic E-state index is 10.6. The van der Waals surface area contributed by atoms with Crippen LogP contribution in [0.4, 0.5) is 0 Å². The maximum Gasteiger partial charge on any atom is 0.113 e. The lowest BCUT2D eigenvalue weighted by Gasteiger charge is -2.36. The molecule has 0 aromatic heterocycles. The second-order valence-corrected chi connectivity index (χ2v) is 6.57. The Hall–Kier alpha value is -2.24. The molecule has 0 amide bonds. The first-order valence-electron chi connectivity index (χ1n) is 8.01. The van der Waals surface area contributed by atoms with E-state index in [9.17, 15) is 20.4 Å². The minimum absolute atomic E-state index is 0.511. The number of aliphatic hydroxyl groups excluding tert-OH is 4. The summed E-state index contributed by atoms with van der Waals surface area (Å²) >= 11 is 0. The Morgan fingerprint density at radius 3 is 1.38 bits per heavy atom. The molecule has 120 valence electrons. The van der Waals surface area contributed by atoms with E-state index in [1.54, 1.807) is 0 Å². The second kappa shape index (κ2) is 4.65. The summed E-state index contributed by atoms with van der Waals surface area (Å²) in [6.45, 7) is 0. The molecule has 4 heteroatoms. The molecule has 24 heavy (non-hydrogen) atoms. The molecule has 4 N–H and O–H groups in total. The van der Waals surface area contributed by atoms with E-state index in [0.29, 0.717) is 11.1 Å². The van der Waals surface area contributed by atoms with Crippen LogP contribution in [0.1, 0.15) is 23.3 Å². The van der Waals surface area contributed by atoms with Gasteiger partial charge in [-0.15, -0.1) is 0 Å². The molecule has 4 nitrogen and oxygen atoms in total. The minimum Gasteiger partial charge on any atom is -0.387 e. The van der Waals surface area contributed by atoms with Gasteiger partial charge in [-0.3, -0.25) is 0 Å². The van der Waals surface area contributed by atoms with Crippen LogP contribution >= 0.6 is 0 Å². The molecule has 0 saturated heterocycles. The molecule has 1 aliphatic carbocycles. The molecule has 4 atom stereocenters. The highest BCUT2D eigenvalue weighted by Gasteiger charge is 2.42. The van der Waals surface area contributed by atoms with E-state index in [1.165, 1.54) is 0 Å². The number of hydrogen-bond donors (Lipinski definition) is 4. The van der Waals surface area contributed by atoms with Crippen LogP contribution in [0, 0.1) is 0 Å². The smallest absolute Gasteiger partial charge is 0.113 e. The predicted octanol–water partition coefficient (Wildman–Crippen LogP) is 2.39.